The summed E-state index contributed by atoms with van der Waals surface area (Å²) < 4.78 is 37.7. The predicted octanol–water partition coefficient (Wildman–Crippen LogP) is 2.83. The van der Waals surface area contributed by atoms with E-state index in [4.69, 9.17) is 0 Å². The van der Waals surface area contributed by atoms with Gasteiger partial charge in [0.05, 0.1) is 11.1 Å². The molecule has 0 radical (unpaired) electrons. The molecule has 0 aliphatic rings. The van der Waals surface area contributed by atoms with Crippen molar-refractivity contribution < 1.29 is 18.0 Å². The van der Waals surface area contributed by atoms with E-state index in [-0.39, 0.29) is 4.47 Å². The van der Waals surface area contributed by atoms with Crippen LogP contribution in [0.15, 0.2) is 22.7 Å². The monoisotopic (exact) mass is 281 g/mol. The summed E-state index contributed by atoms with van der Waals surface area (Å²) in [4.78, 5) is 11.3. The van der Waals surface area contributed by atoms with Gasteiger partial charge in [-0.2, -0.15) is 13.2 Å². The molecule has 0 heterocycles. The highest BCUT2D eigenvalue weighted by atomic mass is 79.9. The molecule has 2 nitrogen and oxygen atoms in total. The first-order valence-corrected chi connectivity index (χ1v) is 4.75. The van der Waals surface area contributed by atoms with Crippen LogP contribution in [-0.4, -0.2) is 13.0 Å². The van der Waals surface area contributed by atoms with E-state index in [2.05, 4.69) is 21.2 Å². The number of halogens is 4. The molecule has 0 aromatic heterocycles. The molecule has 0 spiro atoms. The number of benzene rings is 1. The summed E-state index contributed by atoms with van der Waals surface area (Å²) in [7, 11) is 1.28. The fourth-order valence-electron chi connectivity index (χ4n) is 1.12. The van der Waals surface area contributed by atoms with E-state index >= 15 is 0 Å². The number of amides is 1. The topological polar surface area (TPSA) is 29.1 Å². The van der Waals surface area contributed by atoms with Gasteiger partial charge in [-0.1, -0.05) is 6.07 Å². The van der Waals surface area contributed by atoms with Gasteiger partial charge in [0.1, 0.15) is 0 Å². The molecule has 0 saturated carbocycles. The number of nitrogens with one attached hydrogen (secondary N) is 1. The summed E-state index contributed by atoms with van der Waals surface area (Å²) in [6, 6.07) is 3.49. The first kappa shape index (κ1) is 12.0. The van der Waals surface area contributed by atoms with Crippen molar-refractivity contribution in [2.45, 2.75) is 6.18 Å². The Kier molecular flexibility index (Phi) is 3.38. The first-order valence-electron chi connectivity index (χ1n) is 3.95. The smallest absolute Gasteiger partial charge is 0.355 e. The maximum Gasteiger partial charge on any atom is 0.417 e. The minimum Gasteiger partial charge on any atom is -0.355 e. The maximum atomic E-state index is 12.5. The Hall–Kier alpha value is -1.04. The average molecular weight is 282 g/mol. The molecule has 0 atom stereocenters. The average Bonchev–Trinajstić information content (AvgIpc) is 2.15. The number of carbonyl (C=O) groups excluding carboxylic acids is 1. The van der Waals surface area contributed by atoms with E-state index < -0.39 is 23.2 Å². The molecule has 0 unspecified atom stereocenters. The minimum absolute atomic E-state index is 0.122. The van der Waals surface area contributed by atoms with Gasteiger partial charge < -0.3 is 5.32 Å². The van der Waals surface area contributed by atoms with Crippen LogP contribution >= 0.6 is 15.9 Å². The summed E-state index contributed by atoms with van der Waals surface area (Å²) in [5.74, 6) is -0.769. The second kappa shape index (κ2) is 4.22. The summed E-state index contributed by atoms with van der Waals surface area (Å²) in [6.07, 6.45) is -4.54. The van der Waals surface area contributed by atoms with E-state index in [9.17, 15) is 18.0 Å². The summed E-state index contributed by atoms with van der Waals surface area (Å²) >= 11 is 2.92. The van der Waals surface area contributed by atoms with Crippen LogP contribution < -0.4 is 5.32 Å². The molecule has 0 aliphatic carbocycles. The number of rotatable bonds is 1. The molecule has 6 heteroatoms. The second-order valence-corrected chi connectivity index (χ2v) is 3.59. The lowest BCUT2D eigenvalue weighted by Crippen LogP contribution is -2.23. The lowest BCUT2D eigenvalue weighted by atomic mass is 10.1. The molecule has 82 valence electrons. The Morgan fingerprint density at radius 3 is 2.47 bits per heavy atom. The van der Waals surface area contributed by atoms with Crippen molar-refractivity contribution in [2.75, 3.05) is 7.05 Å². The SMILES string of the molecule is CNC(=O)c1c(Br)cccc1C(F)(F)F. The highest BCUT2D eigenvalue weighted by Gasteiger charge is 2.35. The third kappa shape index (κ3) is 2.50. The van der Waals surface area contributed by atoms with E-state index in [1.54, 1.807) is 0 Å². The van der Waals surface area contributed by atoms with Crippen LogP contribution in [0.3, 0.4) is 0 Å². The van der Waals surface area contributed by atoms with Crippen molar-refractivity contribution in [3.63, 3.8) is 0 Å². The van der Waals surface area contributed by atoms with Gasteiger partial charge in [0.2, 0.25) is 0 Å². The number of carbonyl (C=O) groups is 1. The predicted molar refractivity (Wildman–Crippen MR) is 52.5 cm³/mol. The summed E-state index contributed by atoms with van der Waals surface area (Å²) in [5.41, 5.74) is -1.34. The standard InChI is InChI=1S/C9H7BrF3NO/c1-14-8(15)7-5(9(11,12)13)3-2-4-6(7)10/h2-4H,1H3,(H,14,15). The van der Waals surface area contributed by atoms with Gasteiger partial charge in [0.15, 0.2) is 0 Å². The van der Waals surface area contributed by atoms with Crippen molar-refractivity contribution in [3.05, 3.63) is 33.8 Å². The van der Waals surface area contributed by atoms with Crippen molar-refractivity contribution >= 4 is 21.8 Å². The highest BCUT2D eigenvalue weighted by Crippen LogP contribution is 2.34. The van der Waals surface area contributed by atoms with Gasteiger partial charge in [0.25, 0.3) is 5.91 Å². The summed E-state index contributed by atoms with van der Waals surface area (Å²) in [5, 5.41) is 2.17. The van der Waals surface area contributed by atoms with Crippen LogP contribution in [0.2, 0.25) is 0 Å². The van der Waals surface area contributed by atoms with Crippen LogP contribution in [0, 0.1) is 0 Å². The quantitative estimate of drug-likeness (QED) is 0.843. The Morgan fingerprint density at radius 1 is 1.40 bits per heavy atom. The van der Waals surface area contributed by atoms with Crippen molar-refractivity contribution in [1.82, 2.24) is 5.32 Å². The maximum absolute atomic E-state index is 12.5. The normalized spacial score (nSPS) is 11.3. The summed E-state index contributed by atoms with van der Waals surface area (Å²) in [6.45, 7) is 0. The molecular weight excluding hydrogens is 275 g/mol. The van der Waals surface area contributed by atoms with Gasteiger partial charge in [-0.3, -0.25) is 4.79 Å². The van der Waals surface area contributed by atoms with Crippen LogP contribution in [-0.2, 0) is 6.18 Å². The largest absolute Gasteiger partial charge is 0.417 e. The minimum atomic E-state index is -4.54. The van der Waals surface area contributed by atoms with E-state index in [0.717, 1.165) is 6.07 Å². The lowest BCUT2D eigenvalue weighted by molar-refractivity contribution is -0.138. The number of hydrogen-bond donors (Lipinski definition) is 1. The Labute approximate surface area is 92.6 Å². The van der Waals surface area contributed by atoms with E-state index in [1.165, 1.54) is 19.2 Å². The molecule has 1 rings (SSSR count). The Morgan fingerprint density at radius 2 is 2.00 bits per heavy atom. The molecule has 0 bridgehead atoms. The fraction of sp³-hybridized carbons (Fsp3) is 0.222. The molecule has 0 aliphatic heterocycles. The first-order chi connectivity index (χ1) is 6.88. The van der Waals surface area contributed by atoms with Gasteiger partial charge >= 0.3 is 6.18 Å². The van der Waals surface area contributed by atoms with Gasteiger partial charge in [0, 0.05) is 11.5 Å². The van der Waals surface area contributed by atoms with Crippen molar-refractivity contribution in [2.24, 2.45) is 0 Å². The van der Waals surface area contributed by atoms with Crippen LogP contribution in [0.4, 0.5) is 13.2 Å². The molecule has 0 fully saturated rings. The molecule has 1 N–H and O–H groups in total. The zero-order valence-corrected chi connectivity index (χ0v) is 9.24. The van der Waals surface area contributed by atoms with Gasteiger partial charge in [-0.05, 0) is 28.1 Å². The number of alkyl halides is 3. The van der Waals surface area contributed by atoms with Gasteiger partial charge in [-0.15, -0.1) is 0 Å². The highest BCUT2D eigenvalue weighted by molar-refractivity contribution is 9.10. The Balaban J connectivity index is 3.40. The Bertz CT molecular complexity index is 389. The van der Waals surface area contributed by atoms with Gasteiger partial charge in [-0.25, -0.2) is 0 Å². The van der Waals surface area contributed by atoms with Crippen molar-refractivity contribution in [1.29, 1.82) is 0 Å². The van der Waals surface area contributed by atoms with Crippen LogP contribution in [0.25, 0.3) is 0 Å². The fourth-order valence-corrected chi connectivity index (χ4v) is 1.66. The lowest BCUT2D eigenvalue weighted by Gasteiger charge is -2.12. The molecule has 0 saturated heterocycles. The van der Waals surface area contributed by atoms with Crippen LogP contribution in [0.5, 0.6) is 0 Å². The molecule has 1 amide bonds. The third-order valence-corrected chi connectivity index (χ3v) is 2.43. The van der Waals surface area contributed by atoms with Crippen LogP contribution in [0.1, 0.15) is 15.9 Å². The number of hydrogen-bond acceptors (Lipinski definition) is 1. The third-order valence-electron chi connectivity index (χ3n) is 1.77. The molecule has 15 heavy (non-hydrogen) atoms. The zero-order chi connectivity index (χ0) is 11.6. The second-order valence-electron chi connectivity index (χ2n) is 2.74. The van der Waals surface area contributed by atoms with E-state index in [1.807, 2.05) is 0 Å². The zero-order valence-electron chi connectivity index (χ0n) is 7.65. The molecular formula is C9H7BrF3NO. The molecule has 1 aromatic carbocycles. The molecule has 1 aromatic rings. The van der Waals surface area contributed by atoms with E-state index in [0.29, 0.717) is 0 Å². The van der Waals surface area contributed by atoms with Crippen molar-refractivity contribution in [3.8, 4) is 0 Å².